The normalized spacial score (nSPS) is 12.5. The van der Waals surface area contributed by atoms with E-state index < -0.39 is 9.04 Å². The van der Waals surface area contributed by atoms with Crippen molar-refractivity contribution >= 4 is 25.9 Å². The smallest absolute Gasteiger partial charge is 0.188 e. The number of hydrogen-bond acceptors (Lipinski definition) is 4. The molecular weight excluding hydrogens is 767 g/mol. The number of carbonyl (C=O) groups excluding carboxylic acids is 1. The van der Waals surface area contributed by atoms with Gasteiger partial charge in [-0.25, -0.2) is 0 Å². The lowest BCUT2D eigenvalue weighted by atomic mass is 9.87. The van der Waals surface area contributed by atoms with Crippen molar-refractivity contribution in [3.8, 4) is 0 Å². The zero-order valence-corrected chi connectivity index (χ0v) is 44.2. The average Bonchev–Trinajstić information content (AvgIpc) is 3.25. The molecule has 0 amide bonds. The Morgan fingerprint density at radius 1 is 0.433 bits per heavy atom. The number of nitrogens with one attached hydrogen (secondary N) is 1. The van der Waals surface area contributed by atoms with Gasteiger partial charge in [0, 0.05) is 17.7 Å². The molecule has 0 saturated carbocycles. The second-order valence-corrected chi connectivity index (χ2v) is 23.4. The number of rotatable bonds is 52. The molecule has 0 rings (SSSR count). The van der Waals surface area contributed by atoms with Crippen LogP contribution in [0.25, 0.3) is 0 Å². The summed E-state index contributed by atoms with van der Waals surface area (Å²) >= 11 is 1.60. The van der Waals surface area contributed by atoms with E-state index in [4.69, 9.17) is 4.43 Å². The predicted octanol–water partition coefficient (Wildman–Crippen LogP) is 19.2. The quantitative estimate of drug-likeness (QED) is 0.0488. The number of thioether (sulfide) groups is 1. The number of unbranched alkanes of at least 4 members (excludes halogenated alkanes) is 38. The van der Waals surface area contributed by atoms with Gasteiger partial charge < -0.3 is 9.74 Å². The Labute approximate surface area is 385 Å². The van der Waals surface area contributed by atoms with E-state index in [1.807, 2.05) is 0 Å². The van der Waals surface area contributed by atoms with E-state index in [2.05, 4.69) is 39.7 Å². The Morgan fingerprint density at radius 3 is 1.02 bits per heavy atom. The van der Waals surface area contributed by atoms with Crippen molar-refractivity contribution in [3.63, 3.8) is 0 Å². The van der Waals surface area contributed by atoms with Crippen molar-refractivity contribution in [3.05, 3.63) is 0 Å². The van der Waals surface area contributed by atoms with Crippen molar-refractivity contribution in [2.75, 3.05) is 19.4 Å². The van der Waals surface area contributed by atoms with E-state index in [-0.39, 0.29) is 5.54 Å². The van der Waals surface area contributed by atoms with Crippen LogP contribution in [0.1, 0.15) is 310 Å². The average molecular weight is 881 g/mol. The lowest BCUT2D eigenvalue weighted by Crippen LogP contribution is -2.48. The van der Waals surface area contributed by atoms with Gasteiger partial charge in [-0.15, -0.1) is 0 Å². The Kier molecular flexibility index (Phi) is 50.3. The van der Waals surface area contributed by atoms with Crippen LogP contribution in [0.15, 0.2) is 0 Å². The van der Waals surface area contributed by atoms with Crippen molar-refractivity contribution < 1.29 is 9.22 Å². The van der Waals surface area contributed by atoms with Crippen LogP contribution in [0.3, 0.4) is 0 Å². The van der Waals surface area contributed by atoms with Crippen LogP contribution < -0.4 is 5.32 Å². The monoisotopic (exact) mass is 880 g/mol. The maximum Gasteiger partial charge on any atom is 0.188 e. The molecule has 0 saturated heterocycles. The molecule has 3 nitrogen and oxygen atoms in total. The number of likely N-dealkylation sites (N-methyl/N-ethyl adjacent to an activating group) is 1. The number of hydrogen-bond donors (Lipinski definition) is 1. The lowest BCUT2D eigenvalue weighted by Gasteiger charge is -2.35. The molecule has 0 aliphatic heterocycles. The fourth-order valence-electron chi connectivity index (χ4n) is 9.21. The second kappa shape index (κ2) is 50.2. The fourth-order valence-corrected chi connectivity index (χ4v) is 11.9. The highest BCUT2D eigenvalue weighted by Crippen LogP contribution is 2.26. The summed E-state index contributed by atoms with van der Waals surface area (Å²) < 4.78 is 6.78. The summed E-state index contributed by atoms with van der Waals surface area (Å²) in [5.74, 6) is 0.979. The SMILES string of the molecule is CCCCCCCCCCCCCCCCC(CCCCCCCCCCCCCCCC)(CO[SiH](C)CCCSC(=O)CCCCCCCCCCCCCCC)NC. The third-order valence-electron chi connectivity index (χ3n) is 13.7. The first kappa shape index (κ1) is 60.2. The van der Waals surface area contributed by atoms with Gasteiger partial charge in [0.05, 0.1) is 6.61 Å². The van der Waals surface area contributed by atoms with Crippen LogP contribution in [0, 0.1) is 0 Å². The second-order valence-electron chi connectivity index (χ2n) is 19.7. The van der Waals surface area contributed by atoms with E-state index in [0.29, 0.717) is 5.12 Å². The molecule has 0 aliphatic rings. The highest BCUT2D eigenvalue weighted by Gasteiger charge is 2.28. The van der Waals surface area contributed by atoms with Gasteiger partial charge in [0.1, 0.15) is 0 Å². The Balaban J connectivity index is 4.35. The standard InChI is InChI=1S/C55H113NO2SSi/c1-6-9-12-15-18-21-24-27-30-33-36-39-42-45-49-55(56-4,50-46-43-40-37-34-31-28-25-22-19-16-13-10-7-2)53-58-60(5)52-47-51-59-54(57)48-44-41-38-35-32-29-26-23-20-17-14-11-8-3/h56,60H,6-53H2,1-5H3. The molecule has 0 aromatic rings. The van der Waals surface area contributed by atoms with Crippen molar-refractivity contribution in [2.45, 2.75) is 328 Å². The minimum absolute atomic E-state index is 0.133. The lowest BCUT2D eigenvalue weighted by molar-refractivity contribution is -0.111. The van der Waals surface area contributed by atoms with Gasteiger partial charge >= 0.3 is 0 Å². The van der Waals surface area contributed by atoms with Crippen LogP contribution in [-0.2, 0) is 9.22 Å². The molecule has 0 spiro atoms. The summed E-state index contributed by atoms with van der Waals surface area (Å²) in [6.07, 6.45) is 61.8. The van der Waals surface area contributed by atoms with E-state index in [9.17, 15) is 4.79 Å². The molecule has 0 aromatic heterocycles. The summed E-state index contributed by atoms with van der Waals surface area (Å²) in [7, 11) is 0.960. The van der Waals surface area contributed by atoms with Crippen molar-refractivity contribution in [2.24, 2.45) is 0 Å². The van der Waals surface area contributed by atoms with Gasteiger partial charge in [-0.05, 0) is 45.3 Å². The Bertz CT molecular complexity index is 794. The summed E-state index contributed by atoms with van der Waals surface area (Å²) in [6, 6.07) is 1.19. The van der Waals surface area contributed by atoms with Gasteiger partial charge in [0.15, 0.2) is 14.2 Å². The third kappa shape index (κ3) is 44.8. The number of carbonyl (C=O) groups is 1. The molecule has 0 bridgehead atoms. The maximum atomic E-state index is 12.6. The molecule has 360 valence electrons. The molecule has 5 heteroatoms. The van der Waals surface area contributed by atoms with Crippen LogP contribution in [-0.4, -0.2) is 39.1 Å². The molecule has 1 unspecified atom stereocenters. The highest BCUT2D eigenvalue weighted by molar-refractivity contribution is 8.13. The summed E-state index contributed by atoms with van der Waals surface area (Å²) in [5.41, 5.74) is 0.133. The Hall–Kier alpha value is 0.157. The van der Waals surface area contributed by atoms with Gasteiger partial charge in [-0.3, -0.25) is 4.79 Å². The molecule has 60 heavy (non-hydrogen) atoms. The van der Waals surface area contributed by atoms with Gasteiger partial charge in [0.25, 0.3) is 0 Å². The van der Waals surface area contributed by atoms with Crippen LogP contribution in [0.2, 0.25) is 12.6 Å². The minimum Gasteiger partial charge on any atom is -0.418 e. The molecule has 0 radical (unpaired) electrons. The van der Waals surface area contributed by atoms with E-state index in [1.165, 1.54) is 276 Å². The summed E-state index contributed by atoms with van der Waals surface area (Å²) in [4.78, 5) is 12.6. The van der Waals surface area contributed by atoms with Crippen molar-refractivity contribution in [1.82, 2.24) is 5.32 Å². The molecule has 0 fully saturated rings. The van der Waals surface area contributed by atoms with E-state index in [1.54, 1.807) is 11.8 Å². The van der Waals surface area contributed by atoms with Gasteiger partial charge in [0.2, 0.25) is 0 Å². The molecular formula is C55H113NO2SSi. The largest absolute Gasteiger partial charge is 0.418 e. The fraction of sp³-hybridized carbons (Fsp3) is 0.982. The molecule has 1 N–H and O–H groups in total. The summed E-state index contributed by atoms with van der Waals surface area (Å²) in [6.45, 7) is 10.2. The first-order valence-corrected chi connectivity index (χ1v) is 31.4. The van der Waals surface area contributed by atoms with Crippen molar-refractivity contribution in [1.29, 1.82) is 0 Å². The molecule has 1 atom stereocenters. The van der Waals surface area contributed by atoms with E-state index >= 15 is 0 Å². The van der Waals surface area contributed by atoms with Crippen LogP contribution >= 0.6 is 11.8 Å². The predicted molar refractivity (Wildman–Crippen MR) is 278 cm³/mol. The van der Waals surface area contributed by atoms with Crippen LogP contribution in [0.5, 0.6) is 0 Å². The third-order valence-corrected chi connectivity index (χ3v) is 16.7. The first-order chi connectivity index (χ1) is 29.5. The highest BCUT2D eigenvalue weighted by atomic mass is 32.2. The summed E-state index contributed by atoms with van der Waals surface area (Å²) in [5, 5.41) is 4.27. The van der Waals surface area contributed by atoms with Gasteiger partial charge in [-0.1, -0.05) is 289 Å². The van der Waals surface area contributed by atoms with Crippen LogP contribution in [0.4, 0.5) is 0 Å². The van der Waals surface area contributed by atoms with E-state index in [0.717, 1.165) is 31.6 Å². The van der Waals surface area contributed by atoms with Gasteiger partial charge in [-0.2, -0.15) is 0 Å². The minimum atomic E-state index is -1.25. The zero-order valence-electron chi connectivity index (χ0n) is 42.2. The topological polar surface area (TPSA) is 38.3 Å². The molecule has 0 aromatic carbocycles. The molecule has 0 aliphatic carbocycles. The zero-order chi connectivity index (χ0) is 43.7. The maximum absolute atomic E-state index is 12.6. The molecule has 0 heterocycles. The Morgan fingerprint density at radius 2 is 0.717 bits per heavy atom. The first-order valence-electron chi connectivity index (χ1n) is 28.0.